The Morgan fingerprint density at radius 1 is 0.237 bits per heavy atom. The molecule has 0 bridgehead atoms. The normalized spacial score (nSPS) is 15.2. The molecule has 0 aromatic rings. The van der Waals surface area contributed by atoms with E-state index >= 15 is 0 Å². The van der Waals surface area contributed by atoms with Gasteiger partial charge in [-0.2, -0.15) is 0 Å². The average Bonchev–Trinajstić information content (AvgIpc) is 1.72. The van der Waals surface area contributed by atoms with Crippen molar-refractivity contribution in [3.8, 4) is 0 Å². The largest absolute Gasteiger partial charge is 0.368 e. The summed E-state index contributed by atoms with van der Waals surface area (Å²) < 4.78 is 0. The van der Waals surface area contributed by atoms with Crippen LogP contribution in [0.5, 0.6) is 0 Å². The molecule has 22 N–H and O–H groups in total. The molecule has 27 heteroatoms. The van der Waals surface area contributed by atoms with Gasteiger partial charge < -0.3 is 87.6 Å². The monoisotopic (exact) mass is 1320 g/mol. The summed E-state index contributed by atoms with van der Waals surface area (Å²) in [6, 6.07) is -12.3. The van der Waals surface area contributed by atoms with E-state index in [1.54, 1.807) is 0 Å². The second kappa shape index (κ2) is 47.8. The molecule has 0 saturated carbocycles. The van der Waals surface area contributed by atoms with E-state index in [0.29, 0.717) is 77.4 Å². The number of carbonyl (C=O) groups excluding carboxylic acids is 11. The van der Waals surface area contributed by atoms with Crippen molar-refractivity contribution in [2.75, 3.05) is 26.2 Å². The van der Waals surface area contributed by atoms with Crippen LogP contribution in [-0.2, 0) is 52.7 Å². The smallest absolute Gasteiger partial charge is 0.243 e. The van der Waals surface area contributed by atoms with Gasteiger partial charge in [0.1, 0.15) is 60.4 Å². The zero-order chi connectivity index (χ0) is 71.1. The summed E-state index contributed by atoms with van der Waals surface area (Å²) in [5, 5.41) is 28.1. The molecule has 0 radical (unpaired) electrons. The minimum atomic E-state index is -1.23. The molecule has 0 aliphatic carbocycles. The minimum absolute atomic E-state index is 0.0280. The Morgan fingerprint density at radius 2 is 0.398 bits per heavy atom. The molecule has 0 fully saturated rings. The molecule has 0 heterocycles. The van der Waals surface area contributed by atoms with E-state index < -0.39 is 131 Å². The van der Waals surface area contributed by atoms with E-state index in [-0.39, 0.29) is 112 Å². The second-order valence-electron chi connectivity index (χ2n) is 28.2. The molecule has 11 amide bonds. The van der Waals surface area contributed by atoms with Gasteiger partial charge in [0.2, 0.25) is 65.0 Å². The van der Waals surface area contributed by atoms with Gasteiger partial charge in [-0.05, 0) is 183 Å². The van der Waals surface area contributed by atoms with Gasteiger partial charge >= 0.3 is 0 Å². The third-order valence-corrected chi connectivity index (χ3v) is 15.5. The Kier molecular flexibility index (Phi) is 44.7. The number of nitrogens with one attached hydrogen (secondary N) is 10. The highest BCUT2D eigenvalue weighted by molar-refractivity contribution is 5.99. The Hall–Kier alpha value is -6.03. The van der Waals surface area contributed by atoms with Crippen molar-refractivity contribution in [3.63, 3.8) is 0 Å². The molecule has 0 spiro atoms. The van der Waals surface area contributed by atoms with Crippen LogP contribution < -0.4 is 87.6 Å². The number of nitrogens with two attached hydrogens (primary N) is 6. The highest BCUT2D eigenvalue weighted by Gasteiger charge is 2.37. The molecular weight excluding hydrogens is 1190 g/mol. The van der Waals surface area contributed by atoms with Crippen LogP contribution >= 0.6 is 0 Å². The molecular formula is C66H128N16O11. The molecule has 0 rings (SSSR count). The quantitative estimate of drug-likeness (QED) is 0.0384. The van der Waals surface area contributed by atoms with Crippen LogP contribution in [0, 0.1) is 41.4 Å². The fourth-order valence-electron chi connectivity index (χ4n) is 10.6. The van der Waals surface area contributed by atoms with E-state index in [4.69, 9.17) is 34.4 Å². The van der Waals surface area contributed by atoms with Crippen molar-refractivity contribution < 1.29 is 52.7 Å². The van der Waals surface area contributed by atoms with E-state index in [1.165, 1.54) is 0 Å². The van der Waals surface area contributed by atoms with Crippen LogP contribution in [-0.4, -0.2) is 158 Å². The van der Waals surface area contributed by atoms with Gasteiger partial charge in [-0.25, -0.2) is 0 Å². The molecule has 0 aliphatic rings. The first-order valence-corrected chi connectivity index (χ1v) is 34.5. The van der Waals surface area contributed by atoms with E-state index in [0.717, 1.165) is 0 Å². The molecule has 0 aromatic heterocycles. The standard InChI is InChI=1S/C66H128N16O11/c1-38(2)31-49(56(72)83)76-63(90)52(34-41(7)8)82-66(93)55(37-44(13)14)79-60(87)48(26-18-22-30-70)75-62(89)51(33-40(5)6)81-65(92)54(36-43(11)12)78-59(86)47(25-17-21-29-69)74-61(88)50(32-39(3)4)80-64(91)53(35-42(9)10)77-58(85)46(24-16-20-28-68)73-57(84)45(71)23-15-19-27-67/h38-55H,15-37,67-71H2,1-14H3,(H2,72,83)(H,73,84)(H,74,88)(H,75,89)(H,76,90)(H,77,85)(H,78,86)(H,79,87)(H,80,91)(H,81,92)(H,82,93)/t45-,46-,47-,48-,49-,50+,51+,52-,53+,54+,55+/m0/s1. The first-order valence-electron chi connectivity index (χ1n) is 34.5. The summed E-state index contributed by atoms with van der Waals surface area (Å²) in [5.74, 6) is -7.99. The van der Waals surface area contributed by atoms with Crippen LogP contribution in [0.15, 0.2) is 0 Å². The highest BCUT2D eigenvalue weighted by atomic mass is 16.2. The van der Waals surface area contributed by atoms with Gasteiger partial charge in [-0.1, -0.05) is 103 Å². The molecule has 0 unspecified atom stereocenters. The van der Waals surface area contributed by atoms with Crippen molar-refractivity contribution >= 4 is 65.0 Å². The van der Waals surface area contributed by atoms with Crippen molar-refractivity contribution in [3.05, 3.63) is 0 Å². The predicted octanol–water partition coefficient (Wildman–Crippen LogP) is 1.49. The maximum Gasteiger partial charge on any atom is 0.243 e. The summed E-state index contributed by atoms with van der Waals surface area (Å²) in [5.41, 5.74) is 34.9. The molecule has 27 nitrogen and oxygen atoms in total. The molecule has 11 atom stereocenters. The lowest BCUT2D eigenvalue weighted by Gasteiger charge is -2.30. The van der Waals surface area contributed by atoms with Crippen LogP contribution in [0.2, 0.25) is 0 Å². The van der Waals surface area contributed by atoms with Crippen molar-refractivity contribution in [2.24, 2.45) is 75.8 Å². The number of hydrogen-bond donors (Lipinski definition) is 16. The summed E-state index contributed by atoms with van der Waals surface area (Å²) >= 11 is 0. The maximum absolute atomic E-state index is 14.6. The van der Waals surface area contributed by atoms with Crippen LogP contribution in [0.25, 0.3) is 0 Å². The predicted molar refractivity (Wildman–Crippen MR) is 364 cm³/mol. The van der Waals surface area contributed by atoms with E-state index in [9.17, 15) is 52.7 Å². The van der Waals surface area contributed by atoms with Crippen LogP contribution in [0.4, 0.5) is 0 Å². The summed E-state index contributed by atoms with van der Waals surface area (Å²) in [4.78, 5) is 154. The lowest BCUT2D eigenvalue weighted by molar-refractivity contribution is -0.136. The fraction of sp³-hybridized carbons (Fsp3) is 0.833. The number of primary amides is 1. The number of rotatable bonds is 51. The highest BCUT2D eigenvalue weighted by Crippen LogP contribution is 2.17. The number of amides is 11. The first-order chi connectivity index (χ1) is 43.6. The van der Waals surface area contributed by atoms with Gasteiger partial charge in [0.05, 0.1) is 6.04 Å². The van der Waals surface area contributed by atoms with E-state index in [1.807, 2.05) is 96.9 Å². The third kappa shape index (κ3) is 38.2. The van der Waals surface area contributed by atoms with Crippen LogP contribution in [0.1, 0.15) is 219 Å². The summed E-state index contributed by atoms with van der Waals surface area (Å²) in [7, 11) is 0. The number of hydrogen-bond acceptors (Lipinski definition) is 16. The van der Waals surface area contributed by atoms with Gasteiger partial charge in [0.25, 0.3) is 0 Å². The fourth-order valence-corrected chi connectivity index (χ4v) is 10.6. The van der Waals surface area contributed by atoms with Gasteiger partial charge in [-0.15, -0.1) is 0 Å². The minimum Gasteiger partial charge on any atom is -0.368 e. The molecule has 538 valence electrons. The Labute approximate surface area is 556 Å². The summed E-state index contributed by atoms with van der Waals surface area (Å²) in [6.45, 7) is 27.5. The first kappa shape index (κ1) is 87.0. The molecule has 0 aromatic carbocycles. The lowest BCUT2D eigenvalue weighted by Crippen LogP contribution is -2.61. The molecule has 93 heavy (non-hydrogen) atoms. The molecule has 0 saturated heterocycles. The SMILES string of the molecule is CC(C)C[C@H](NC(=O)[C@H](CC(C)C)NC(=O)[C@@H](CC(C)C)NC(=O)[C@H](CCCCN)NC(=O)[C@@H](CC(C)C)NC(=O)[C@@H](CC(C)C)NC(=O)[C@H](CCCCN)NC(=O)[C@@H](CC(C)C)NC(=O)[C@@H](CC(C)C)NC(=O)[C@H](CCCCN)NC(=O)[C@@H](N)CCCCN)C(N)=O. The van der Waals surface area contributed by atoms with Gasteiger partial charge in [-0.3, -0.25) is 52.7 Å². The second-order valence-corrected chi connectivity index (χ2v) is 28.2. The Bertz CT molecular complexity index is 2270. The Morgan fingerprint density at radius 3 is 0.591 bits per heavy atom. The number of unbranched alkanes of at least 4 members (excludes halogenated alkanes) is 4. The van der Waals surface area contributed by atoms with Crippen molar-refractivity contribution in [1.29, 1.82) is 0 Å². The topological polar surface area (TPSA) is 464 Å². The van der Waals surface area contributed by atoms with Crippen molar-refractivity contribution in [2.45, 2.75) is 285 Å². The van der Waals surface area contributed by atoms with Crippen LogP contribution in [0.3, 0.4) is 0 Å². The summed E-state index contributed by atoms with van der Waals surface area (Å²) in [6.07, 6.45) is 6.18. The maximum atomic E-state index is 14.6. The number of carbonyl (C=O) groups is 11. The van der Waals surface area contributed by atoms with Crippen molar-refractivity contribution in [1.82, 2.24) is 53.2 Å². The zero-order valence-corrected chi connectivity index (χ0v) is 59.1. The lowest BCUT2D eigenvalue weighted by atomic mass is 9.98. The van der Waals surface area contributed by atoms with E-state index in [2.05, 4.69) is 53.2 Å². The zero-order valence-electron chi connectivity index (χ0n) is 59.1. The average molecular weight is 1320 g/mol. The third-order valence-electron chi connectivity index (χ3n) is 15.5. The van der Waals surface area contributed by atoms with Gasteiger partial charge in [0.15, 0.2) is 0 Å². The van der Waals surface area contributed by atoms with Gasteiger partial charge in [0, 0.05) is 0 Å². The Balaban J connectivity index is 7.03. The molecule has 0 aliphatic heterocycles.